The van der Waals surface area contributed by atoms with Crippen molar-refractivity contribution in [3.05, 3.63) is 143 Å². The lowest BCUT2D eigenvalue weighted by molar-refractivity contribution is -0.121. The van der Waals surface area contributed by atoms with Gasteiger partial charge in [-0.3, -0.25) is 14.5 Å². The van der Waals surface area contributed by atoms with Crippen molar-refractivity contribution < 1.29 is 19.1 Å². The lowest BCUT2D eigenvalue weighted by Crippen LogP contribution is -2.48. The highest BCUT2D eigenvalue weighted by Gasteiger charge is 2.23. The molecule has 0 radical (unpaired) electrons. The first kappa shape index (κ1) is 34.7. The molecule has 1 N–H and O–H groups in total. The Balaban J connectivity index is 0.994. The number of piperazine rings is 1. The molecule has 50 heavy (non-hydrogen) atoms. The molecule has 2 amide bonds. The molecule has 8 heteroatoms. The molecule has 1 fully saturated rings. The van der Waals surface area contributed by atoms with Crippen LogP contribution in [0.3, 0.4) is 0 Å². The molecule has 6 rings (SSSR count). The van der Waals surface area contributed by atoms with E-state index in [1.165, 1.54) is 16.7 Å². The summed E-state index contributed by atoms with van der Waals surface area (Å²) >= 11 is 6.12. The van der Waals surface area contributed by atoms with E-state index in [4.69, 9.17) is 21.1 Å². The maximum absolute atomic E-state index is 13.3. The first-order valence-electron chi connectivity index (χ1n) is 16.9. The number of nitrogens with one attached hydrogen (secondary N) is 1. The highest BCUT2D eigenvalue weighted by atomic mass is 35.5. The highest BCUT2D eigenvalue weighted by molar-refractivity contribution is 6.30. The minimum absolute atomic E-state index is 0.0383. The number of carbonyl (C=O) groups excluding carboxylic acids is 2. The molecule has 5 aromatic carbocycles. The summed E-state index contributed by atoms with van der Waals surface area (Å²) in [6.07, 6.45) is 0.820. The third-order valence-corrected chi connectivity index (χ3v) is 9.48. The Labute approximate surface area is 299 Å². The lowest BCUT2D eigenvalue weighted by atomic mass is 9.95. The van der Waals surface area contributed by atoms with Gasteiger partial charge in [-0.05, 0) is 81.8 Å². The van der Waals surface area contributed by atoms with E-state index in [1.54, 1.807) is 14.2 Å². The second-order valence-electron chi connectivity index (χ2n) is 12.4. The zero-order valence-corrected chi connectivity index (χ0v) is 29.3. The lowest BCUT2D eigenvalue weighted by Gasteiger charge is -2.35. The first-order chi connectivity index (χ1) is 24.4. The summed E-state index contributed by atoms with van der Waals surface area (Å²) in [5.74, 6) is 1.21. The summed E-state index contributed by atoms with van der Waals surface area (Å²) in [5, 5.41) is 3.68. The van der Waals surface area contributed by atoms with Gasteiger partial charge in [-0.1, -0.05) is 90.5 Å². The van der Waals surface area contributed by atoms with E-state index < -0.39 is 0 Å². The molecule has 1 aliphatic rings. The number of methoxy groups -OCH3 is 2. The standard InChI is InChI=1S/C42H42ClN3O4/c1-49-39-26-34(38(27-40(39)50-2)32-16-19-36(43)20-17-32)18-21-41(47)44-28-30-12-14-33(15-13-30)42(48)46-24-22-45(23-25-46)29-35-10-6-7-11-37(35)31-8-4-3-5-9-31/h3-17,19-20,26-27H,18,21-25,28-29H2,1-2H3,(H,44,47). The Bertz CT molecular complexity index is 1900. The molecule has 0 unspecified atom stereocenters. The molecular formula is C42H42ClN3O4. The summed E-state index contributed by atoms with van der Waals surface area (Å²) in [4.78, 5) is 30.6. The maximum Gasteiger partial charge on any atom is 0.253 e. The van der Waals surface area contributed by atoms with Crippen LogP contribution in [0, 0.1) is 0 Å². The minimum Gasteiger partial charge on any atom is -0.493 e. The van der Waals surface area contributed by atoms with E-state index in [2.05, 4.69) is 58.7 Å². The number of carbonyl (C=O) groups is 2. The van der Waals surface area contributed by atoms with Gasteiger partial charge in [0, 0.05) is 56.3 Å². The van der Waals surface area contributed by atoms with Crippen LogP contribution in [-0.4, -0.2) is 62.0 Å². The Morgan fingerprint density at radius 2 is 1.34 bits per heavy atom. The second kappa shape index (κ2) is 16.5. The number of amides is 2. The molecule has 0 spiro atoms. The monoisotopic (exact) mass is 687 g/mol. The van der Waals surface area contributed by atoms with E-state index >= 15 is 0 Å². The fourth-order valence-electron chi connectivity index (χ4n) is 6.42. The van der Waals surface area contributed by atoms with Crippen molar-refractivity contribution in [2.24, 2.45) is 0 Å². The van der Waals surface area contributed by atoms with Gasteiger partial charge in [0.2, 0.25) is 5.91 Å². The molecule has 1 saturated heterocycles. The molecule has 0 atom stereocenters. The summed E-state index contributed by atoms with van der Waals surface area (Å²) in [7, 11) is 3.21. The first-order valence-corrected chi connectivity index (χ1v) is 17.3. The summed E-state index contributed by atoms with van der Waals surface area (Å²) in [6.45, 7) is 4.25. The number of rotatable bonds is 12. The quantitative estimate of drug-likeness (QED) is 0.144. The van der Waals surface area contributed by atoms with Crippen LogP contribution in [0.1, 0.15) is 33.5 Å². The van der Waals surface area contributed by atoms with Gasteiger partial charge in [-0.15, -0.1) is 0 Å². The van der Waals surface area contributed by atoms with Crippen molar-refractivity contribution in [2.75, 3.05) is 40.4 Å². The minimum atomic E-state index is -0.0637. The largest absolute Gasteiger partial charge is 0.493 e. The van der Waals surface area contributed by atoms with Crippen LogP contribution in [-0.2, 0) is 24.3 Å². The van der Waals surface area contributed by atoms with E-state index in [0.717, 1.165) is 41.9 Å². The predicted molar refractivity (Wildman–Crippen MR) is 200 cm³/mol. The summed E-state index contributed by atoms with van der Waals surface area (Å²) < 4.78 is 11.1. The van der Waals surface area contributed by atoms with Crippen LogP contribution in [0.5, 0.6) is 11.5 Å². The van der Waals surface area contributed by atoms with Crippen molar-refractivity contribution in [3.8, 4) is 33.8 Å². The van der Waals surface area contributed by atoms with E-state index in [-0.39, 0.29) is 11.8 Å². The Kier molecular flexibility index (Phi) is 11.5. The maximum atomic E-state index is 13.3. The molecule has 1 aliphatic heterocycles. The van der Waals surface area contributed by atoms with Crippen molar-refractivity contribution in [1.29, 1.82) is 0 Å². The molecule has 0 aromatic heterocycles. The fraction of sp³-hybridized carbons (Fsp3) is 0.238. The number of halogens is 1. The van der Waals surface area contributed by atoms with Crippen molar-refractivity contribution in [3.63, 3.8) is 0 Å². The molecule has 256 valence electrons. The van der Waals surface area contributed by atoms with Gasteiger partial charge in [-0.25, -0.2) is 0 Å². The van der Waals surface area contributed by atoms with E-state index in [0.29, 0.717) is 54.6 Å². The molecule has 7 nitrogen and oxygen atoms in total. The van der Waals surface area contributed by atoms with Crippen LogP contribution in [0.2, 0.25) is 5.02 Å². The van der Waals surface area contributed by atoms with Gasteiger partial charge in [0.25, 0.3) is 5.91 Å². The molecular weight excluding hydrogens is 646 g/mol. The average Bonchev–Trinajstić information content (AvgIpc) is 3.17. The van der Waals surface area contributed by atoms with Gasteiger partial charge < -0.3 is 19.7 Å². The number of ether oxygens (including phenoxy) is 2. The number of aryl methyl sites for hydroxylation is 1. The Morgan fingerprint density at radius 1 is 0.700 bits per heavy atom. The average molecular weight is 688 g/mol. The van der Waals surface area contributed by atoms with Crippen molar-refractivity contribution in [2.45, 2.75) is 25.9 Å². The molecule has 0 bridgehead atoms. The summed E-state index contributed by atoms with van der Waals surface area (Å²) in [6, 6.07) is 38.0. The van der Waals surface area contributed by atoms with Crippen molar-refractivity contribution in [1.82, 2.24) is 15.1 Å². The Morgan fingerprint density at radius 3 is 2.04 bits per heavy atom. The van der Waals surface area contributed by atoms with Crippen LogP contribution >= 0.6 is 11.6 Å². The topological polar surface area (TPSA) is 71.1 Å². The predicted octanol–water partition coefficient (Wildman–Crippen LogP) is 7.90. The van der Waals surface area contributed by atoms with Gasteiger partial charge in [0.05, 0.1) is 14.2 Å². The van der Waals surface area contributed by atoms with Crippen LogP contribution in [0.15, 0.2) is 115 Å². The molecule has 5 aromatic rings. The zero-order valence-electron chi connectivity index (χ0n) is 28.5. The number of nitrogens with zero attached hydrogens (tertiary/aromatic N) is 2. The van der Waals surface area contributed by atoms with Gasteiger partial charge in [-0.2, -0.15) is 0 Å². The normalized spacial score (nSPS) is 13.1. The molecule has 0 aliphatic carbocycles. The van der Waals surface area contributed by atoms with Crippen LogP contribution in [0.25, 0.3) is 22.3 Å². The summed E-state index contributed by atoms with van der Waals surface area (Å²) in [5.41, 5.74) is 8.28. The van der Waals surface area contributed by atoms with Crippen molar-refractivity contribution >= 4 is 23.4 Å². The van der Waals surface area contributed by atoms with Gasteiger partial charge >= 0.3 is 0 Å². The second-order valence-corrected chi connectivity index (χ2v) is 12.9. The van der Waals surface area contributed by atoms with Crippen LogP contribution < -0.4 is 14.8 Å². The number of hydrogen-bond donors (Lipinski definition) is 1. The number of hydrogen-bond acceptors (Lipinski definition) is 5. The fourth-order valence-corrected chi connectivity index (χ4v) is 6.54. The van der Waals surface area contributed by atoms with Crippen LogP contribution in [0.4, 0.5) is 0 Å². The molecule has 1 heterocycles. The third kappa shape index (κ3) is 8.54. The highest BCUT2D eigenvalue weighted by Crippen LogP contribution is 2.37. The SMILES string of the molecule is COc1cc(CCC(=O)NCc2ccc(C(=O)N3CCN(Cc4ccccc4-c4ccccc4)CC3)cc2)c(-c2ccc(Cl)cc2)cc1OC. The smallest absolute Gasteiger partial charge is 0.253 e. The molecule has 0 saturated carbocycles. The Hall–Kier alpha value is -5.11. The van der Waals surface area contributed by atoms with Gasteiger partial charge in [0.15, 0.2) is 11.5 Å². The van der Waals surface area contributed by atoms with Gasteiger partial charge in [0.1, 0.15) is 0 Å². The number of benzene rings is 5. The zero-order chi connectivity index (χ0) is 34.9. The van der Waals surface area contributed by atoms with E-state index in [1.807, 2.05) is 71.6 Å². The van der Waals surface area contributed by atoms with E-state index in [9.17, 15) is 9.59 Å². The third-order valence-electron chi connectivity index (χ3n) is 9.23.